The van der Waals surface area contributed by atoms with Gasteiger partial charge in [0, 0.05) is 5.56 Å². The lowest BCUT2D eigenvalue weighted by Gasteiger charge is -2.23. The molecule has 0 aromatic heterocycles. The van der Waals surface area contributed by atoms with Crippen LogP contribution in [-0.4, -0.2) is 21.2 Å². The fraction of sp³-hybridized carbons (Fsp3) is 0.143. The Hall–Kier alpha value is -2.37. The Labute approximate surface area is 162 Å². The van der Waals surface area contributed by atoms with Crippen molar-refractivity contribution in [3.8, 4) is 5.75 Å². The average Bonchev–Trinajstić information content (AvgIpc) is 2.91. The van der Waals surface area contributed by atoms with Crippen molar-refractivity contribution in [1.29, 1.82) is 0 Å². The minimum absolute atomic E-state index is 0.0455. The van der Waals surface area contributed by atoms with Gasteiger partial charge in [0.2, 0.25) is 0 Å². The quantitative estimate of drug-likeness (QED) is 0.566. The first-order valence-electron chi connectivity index (χ1n) is 8.38. The van der Waals surface area contributed by atoms with Crippen LogP contribution in [0.15, 0.2) is 71.2 Å². The van der Waals surface area contributed by atoms with E-state index in [1.54, 1.807) is 4.90 Å². The second-order valence-electron chi connectivity index (χ2n) is 6.20. The molecule has 1 fully saturated rings. The molecule has 2 aliphatic heterocycles. The molecule has 0 saturated carbocycles. The van der Waals surface area contributed by atoms with Gasteiger partial charge in [-0.2, -0.15) is 0 Å². The summed E-state index contributed by atoms with van der Waals surface area (Å²) in [6, 6.07) is 17.8. The van der Waals surface area contributed by atoms with Crippen molar-refractivity contribution in [2.75, 3.05) is 0 Å². The van der Waals surface area contributed by atoms with Crippen LogP contribution in [0.4, 0.5) is 0 Å². The van der Waals surface area contributed by atoms with Crippen molar-refractivity contribution >= 4 is 40.3 Å². The summed E-state index contributed by atoms with van der Waals surface area (Å²) in [4.78, 5) is 15.1. The summed E-state index contributed by atoms with van der Waals surface area (Å²) in [5, 5.41) is 0. The van der Waals surface area contributed by atoms with Gasteiger partial charge >= 0.3 is 0 Å². The summed E-state index contributed by atoms with van der Waals surface area (Å²) in [6.07, 6.45) is 3.88. The van der Waals surface area contributed by atoms with Gasteiger partial charge in [-0.3, -0.25) is 9.69 Å². The Balaban J connectivity index is 1.59. The van der Waals surface area contributed by atoms with Crippen molar-refractivity contribution < 1.29 is 9.53 Å². The SMILES string of the molecule is C[C@H]1Oc2ccccc2C=C1/C=C1\SC(=S)N(Cc2ccccc2)C1=O. The van der Waals surface area contributed by atoms with Gasteiger partial charge in [0.05, 0.1) is 11.4 Å². The summed E-state index contributed by atoms with van der Waals surface area (Å²) < 4.78 is 6.55. The van der Waals surface area contributed by atoms with Crippen molar-refractivity contribution in [1.82, 2.24) is 4.90 Å². The third-order valence-electron chi connectivity index (χ3n) is 4.37. The van der Waals surface area contributed by atoms with E-state index in [2.05, 4.69) is 6.08 Å². The maximum absolute atomic E-state index is 12.8. The number of thioether (sulfide) groups is 1. The molecule has 0 radical (unpaired) electrons. The molecule has 0 N–H and O–H groups in total. The molecule has 0 spiro atoms. The van der Waals surface area contributed by atoms with Gasteiger partial charge in [-0.1, -0.05) is 72.5 Å². The van der Waals surface area contributed by atoms with E-state index in [9.17, 15) is 4.79 Å². The molecule has 130 valence electrons. The second-order valence-corrected chi connectivity index (χ2v) is 7.87. The van der Waals surface area contributed by atoms with Crippen molar-refractivity contribution in [2.24, 2.45) is 0 Å². The maximum Gasteiger partial charge on any atom is 0.266 e. The zero-order valence-corrected chi connectivity index (χ0v) is 15.8. The molecule has 1 atom stereocenters. The monoisotopic (exact) mass is 379 g/mol. The molecule has 0 aliphatic carbocycles. The summed E-state index contributed by atoms with van der Waals surface area (Å²) in [7, 11) is 0. The molecule has 3 nitrogen and oxygen atoms in total. The molecule has 2 aromatic carbocycles. The number of benzene rings is 2. The molecule has 2 aromatic rings. The first-order chi connectivity index (χ1) is 12.6. The van der Waals surface area contributed by atoms with Crippen LogP contribution in [0, 0.1) is 0 Å². The van der Waals surface area contributed by atoms with Gasteiger partial charge in [-0.15, -0.1) is 0 Å². The van der Waals surface area contributed by atoms with Crippen LogP contribution in [0.1, 0.15) is 18.1 Å². The smallest absolute Gasteiger partial charge is 0.266 e. The van der Waals surface area contributed by atoms with Gasteiger partial charge in [0.1, 0.15) is 16.2 Å². The highest BCUT2D eigenvalue weighted by atomic mass is 32.2. The topological polar surface area (TPSA) is 29.5 Å². The summed E-state index contributed by atoms with van der Waals surface area (Å²) >= 11 is 6.78. The lowest BCUT2D eigenvalue weighted by atomic mass is 10.0. The fourth-order valence-corrected chi connectivity index (χ4v) is 4.23. The van der Waals surface area contributed by atoms with Gasteiger partial charge < -0.3 is 4.74 Å². The largest absolute Gasteiger partial charge is 0.485 e. The van der Waals surface area contributed by atoms with Crippen LogP contribution in [0.3, 0.4) is 0 Å². The number of amides is 1. The Morgan fingerprint density at radius 3 is 2.69 bits per heavy atom. The number of ether oxygens (including phenoxy) is 1. The van der Waals surface area contributed by atoms with Crippen molar-refractivity contribution in [3.63, 3.8) is 0 Å². The molecule has 2 aliphatic rings. The van der Waals surface area contributed by atoms with E-state index in [1.807, 2.05) is 67.6 Å². The first-order valence-corrected chi connectivity index (χ1v) is 9.61. The van der Waals surface area contributed by atoms with Gasteiger partial charge in [-0.25, -0.2) is 0 Å². The zero-order valence-electron chi connectivity index (χ0n) is 14.2. The molecule has 1 amide bonds. The fourth-order valence-electron chi connectivity index (χ4n) is 2.98. The number of carbonyl (C=O) groups excluding carboxylic acids is 1. The molecule has 0 unspecified atom stereocenters. The number of nitrogens with zero attached hydrogens (tertiary/aromatic N) is 1. The molecular formula is C21H17NO2S2. The minimum atomic E-state index is -0.109. The Kier molecular flexibility index (Phi) is 4.66. The third kappa shape index (κ3) is 3.32. The predicted molar refractivity (Wildman–Crippen MR) is 110 cm³/mol. The number of rotatable bonds is 3. The maximum atomic E-state index is 12.8. The lowest BCUT2D eigenvalue weighted by Crippen LogP contribution is -2.27. The van der Waals surface area contributed by atoms with Gasteiger partial charge in [0.25, 0.3) is 5.91 Å². The molecule has 4 rings (SSSR count). The third-order valence-corrected chi connectivity index (χ3v) is 5.75. The van der Waals surface area contributed by atoms with Crippen molar-refractivity contribution in [3.05, 3.63) is 82.3 Å². The summed E-state index contributed by atoms with van der Waals surface area (Å²) in [5.74, 6) is 0.824. The normalized spacial score (nSPS) is 20.8. The van der Waals surface area contributed by atoms with Crippen LogP contribution in [-0.2, 0) is 11.3 Å². The van der Waals surface area contributed by atoms with E-state index < -0.39 is 0 Å². The average molecular weight is 380 g/mol. The van der Waals surface area contributed by atoms with Crippen LogP contribution in [0.25, 0.3) is 6.08 Å². The van der Waals surface area contributed by atoms with Gasteiger partial charge in [-0.05, 0) is 36.3 Å². The van der Waals surface area contributed by atoms with E-state index in [1.165, 1.54) is 11.8 Å². The standard InChI is InChI=1S/C21H17NO2S2/c1-14-17(11-16-9-5-6-10-18(16)24-14)12-19-20(23)22(21(25)26-19)13-15-7-3-2-4-8-15/h2-12,14H,13H2,1H3/b19-12-/t14-/m1/s1. The Morgan fingerprint density at radius 2 is 1.88 bits per heavy atom. The number of para-hydroxylation sites is 1. The van der Waals surface area contributed by atoms with E-state index in [4.69, 9.17) is 17.0 Å². The zero-order chi connectivity index (χ0) is 18.1. The molecule has 2 heterocycles. The van der Waals surface area contributed by atoms with E-state index in [0.29, 0.717) is 15.8 Å². The highest BCUT2D eigenvalue weighted by Crippen LogP contribution is 2.36. The van der Waals surface area contributed by atoms with Crippen molar-refractivity contribution in [2.45, 2.75) is 19.6 Å². The Morgan fingerprint density at radius 1 is 1.15 bits per heavy atom. The molecule has 5 heteroatoms. The van der Waals surface area contributed by atoms with E-state index in [0.717, 1.165) is 22.4 Å². The number of thiocarbonyl (C=S) groups is 1. The molecular weight excluding hydrogens is 362 g/mol. The Bertz CT molecular complexity index is 934. The minimum Gasteiger partial charge on any atom is -0.485 e. The van der Waals surface area contributed by atoms with E-state index >= 15 is 0 Å². The number of hydrogen-bond donors (Lipinski definition) is 0. The van der Waals surface area contributed by atoms with Crippen LogP contribution in [0.5, 0.6) is 5.75 Å². The lowest BCUT2D eigenvalue weighted by molar-refractivity contribution is -0.122. The number of carbonyl (C=O) groups is 1. The van der Waals surface area contributed by atoms with Crippen LogP contribution >= 0.6 is 24.0 Å². The van der Waals surface area contributed by atoms with Crippen LogP contribution < -0.4 is 4.74 Å². The molecule has 26 heavy (non-hydrogen) atoms. The highest BCUT2D eigenvalue weighted by molar-refractivity contribution is 8.26. The van der Waals surface area contributed by atoms with Crippen LogP contribution in [0.2, 0.25) is 0 Å². The predicted octanol–water partition coefficient (Wildman–Crippen LogP) is 4.80. The van der Waals surface area contributed by atoms with E-state index in [-0.39, 0.29) is 12.0 Å². The molecule has 1 saturated heterocycles. The highest BCUT2D eigenvalue weighted by Gasteiger charge is 2.32. The molecule has 0 bridgehead atoms. The summed E-state index contributed by atoms with van der Waals surface area (Å²) in [5.41, 5.74) is 3.06. The second kappa shape index (κ2) is 7.09. The number of fused-ring (bicyclic) bond motifs is 1. The first kappa shape index (κ1) is 17.1. The number of hydrogen-bond acceptors (Lipinski definition) is 4. The summed E-state index contributed by atoms with van der Waals surface area (Å²) in [6.45, 7) is 2.49. The van der Waals surface area contributed by atoms with Gasteiger partial charge in [0.15, 0.2) is 0 Å².